The molecule has 2 aromatic heterocycles. The van der Waals surface area contributed by atoms with Gasteiger partial charge < -0.3 is 5.32 Å². The number of hydrogen-bond donors (Lipinski definition) is 1. The van der Waals surface area contributed by atoms with E-state index in [0.717, 1.165) is 42.3 Å². The van der Waals surface area contributed by atoms with Gasteiger partial charge in [-0.2, -0.15) is 5.10 Å². The molecule has 2 aliphatic carbocycles. The molecule has 6 nitrogen and oxygen atoms in total. The first-order valence-corrected chi connectivity index (χ1v) is 13.0. The minimum absolute atomic E-state index is 0.172. The average molecular weight is 438 g/mol. The number of nitrogens with one attached hydrogen (secondary N) is 1. The molecule has 0 spiro atoms. The van der Waals surface area contributed by atoms with Crippen LogP contribution in [0, 0.1) is 13.8 Å². The van der Waals surface area contributed by atoms with E-state index in [4.69, 9.17) is 10.1 Å². The van der Waals surface area contributed by atoms with Gasteiger partial charge in [0.2, 0.25) is 5.91 Å². The highest BCUT2D eigenvalue weighted by Crippen LogP contribution is 2.37. The van der Waals surface area contributed by atoms with Gasteiger partial charge in [-0.3, -0.25) is 9.69 Å². The summed E-state index contributed by atoms with van der Waals surface area (Å²) < 4.78 is 2.03. The summed E-state index contributed by atoms with van der Waals surface area (Å²) in [5, 5.41) is 8.28. The molecule has 174 valence electrons. The van der Waals surface area contributed by atoms with Crippen molar-refractivity contribution in [2.75, 3.05) is 6.54 Å². The first kappa shape index (κ1) is 21.9. The van der Waals surface area contributed by atoms with E-state index < -0.39 is 0 Å². The van der Waals surface area contributed by atoms with Crippen LogP contribution in [-0.2, 0) is 11.2 Å². The number of hydrogen-bond acceptors (Lipinski definition) is 4. The molecule has 6 heteroatoms. The zero-order chi connectivity index (χ0) is 22.1. The van der Waals surface area contributed by atoms with Gasteiger partial charge in [0, 0.05) is 36.0 Å². The summed E-state index contributed by atoms with van der Waals surface area (Å²) in [5.41, 5.74) is 5.47. The van der Waals surface area contributed by atoms with Crippen molar-refractivity contribution in [3.63, 3.8) is 0 Å². The van der Waals surface area contributed by atoms with Crippen LogP contribution in [0.2, 0.25) is 0 Å². The molecule has 1 saturated heterocycles. The maximum Gasteiger partial charge on any atom is 0.220 e. The Hall–Kier alpha value is -1.95. The number of nitrogens with zero attached hydrogens (tertiary/aromatic N) is 4. The van der Waals surface area contributed by atoms with E-state index in [1.165, 1.54) is 75.6 Å². The molecule has 0 unspecified atom stereocenters. The van der Waals surface area contributed by atoms with Gasteiger partial charge in [0.15, 0.2) is 5.65 Å². The Balaban J connectivity index is 1.32. The largest absolute Gasteiger partial charge is 0.353 e. The third kappa shape index (κ3) is 4.43. The van der Waals surface area contributed by atoms with Gasteiger partial charge >= 0.3 is 0 Å². The van der Waals surface area contributed by atoms with Crippen LogP contribution in [-0.4, -0.2) is 44.0 Å². The second kappa shape index (κ2) is 9.50. The molecule has 32 heavy (non-hydrogen) atoms. The molecule has 1 aliphatic heterocycles. The summed E-state index contributed by atoms with van der Waals surface area (Å²) in [5.74, 6) is 0.172. The van der Waals surface area contributed by atoms with Gasteiger partial charge in [0.25, 0.3) is 0 Å². The van der Waals surface area contributed by atoms with Crippen LogP contribution in [0.5, 0.6) is 0 Å². The number of carbonyl (C=O) groups is 1. The minimum atomic E-state index is 0.172. The third-order valence-electron chi connectivity index (χ3n) is 8.18. The van der Waals surface area contributed by atoms with Crippen molar-refractivity contribution in [3.8, 4) is 0 Å². The summed E-state index contributed by atoms with van der Waals surface area (Å²) in [6, 6.07) is 3.76. The summed E-state index contributed by atoms with van der Waals surface area (Å²) in [6.45, 7) is 5.42. The van der Waals surface area contributed by atoms with Crippen molar-refractivity contribution >= 4 is 11.6 Å². The standard InChI is InChI=1S/C26H39N5O/c1-18-22(14-15-26(32)28-20-9-6-7-10-20)19(2)31-25(27-18)17-23(29-31)24-13-8-16-30(24)21-11-4-3-5-12-21/h17,20-21,24H,3-16H2,1-2H3,(H,28,32)/t24-/m0/s1. The van der Waals surface area contributed by atoms with Crippen LogP contribution < -0.4 is 5.32 Å². The number of fused-ring (bicyclic) bond motifs is 1. The molecule has 0 bridgehead atoms. The van der Waals surface area contributed by atoms with Crippen molar-refractivity contribution in [1.82, 2.24) is 24.8 Å². The monoisotopic (exact) mass is 437 g/mol. The Labute approximate surface area is 192 Å². The van der Waals surface area contributed by atoms with Gasteiger partial charge in [0.05, 0.1) is 11.7 Å². The summed E-state index contributed by atoms with van der Waals surface area (Å²) in [4.78, 5) is 20.1. The normalized spacial score (nSPS) is 23.4. The fourth-order valence-corrected chi connectivity index (χ4v) is 6.43. The summed E-state index contributed by atoms with van der Waals surface area (Å²) >= 11 is 0. The number of carbonyl (C=O) groups excluding carboxylic acids is 1. The van der Waals surface area contributed by atoms with Crippen LogP contribution in [0.4, 0.5) is 0 Å². The lowest BCUT2D eigenvalue weighted by atomic mass is 9.93. The number of rotatable bonds is 6. The lowest BCUT2D eigenvalue weighted by Gasteiger charge is -2.34. The molecule has 3 fully saturated rings. The minimum Gasteiger partial charge on any atom is -0.353 e. The van der Waals surface area contributed by atoms with Gasteiger partial charge in [-0.05, 0) is 70.9 Å². The predicted molar refractivity (Wildman–Crippen MR) is 127 cm³/mol. The Morgan fingerprint density at radius 2 is 1.78 bits per heavy atom. The topological polar surface area (TPSA) is 62.5 Å². The molecule has 1 amide bonds. The van der Waals surface area contributed by atoms with Crippen LogP contribution in [0.15, 0.2) is 6.07 Å². The number of aromatic nitrogens is 3. The molecule has 1 atom stereocenters. The maximum atomic E-state index is 12.5. The number of likely N-dealkylation sites (tertiary alicyclic amines) is 1. The predicted octanol–water partition coefficient (Wildman–Crippen LogP) is 4.81. The molecule has 2 aromatic rings. The molecular weight excluding hydrogens is 398 g/mol. The fraction of sp³-hybridized carbons (Fsp3) is 0.731. The van der Waals surface area contributed by atoms with Crippen LogP contribution in [0.25, 0.3) is 5.65 Å². The molecule has 5 rings (SSSR count). The summed E-state index contributed by atoms with van der Waals surface area (Å²) in [7, 11) is 0. The van der Waals surface area contributed by atoms with Crippen molar-refractivity contribution in [2.45, 2.75) is 115 Å². The van der Waals surface area contributed by atoms with E-state index in [0.29, 0.717) is 18.5 Å². The van der Waals surface area contributed by atoms with E-state index in [9.17, 15) is 4.79 Å². The zero-order valence-electron chi connectivity index (χ0n) is 19.9. The smallest absolute Gasteiger partial charge is 0.220 e. The molecule has 0 radical (unpaired) electrons. The third-order valence-corrected chi connectivity index (χ3v) is 8.18. The van der Waals surface area contributed by atoms with E-state index in [1.807, 2.05) is 4.52 Å². The van der Waals surface area contributed by atoms with Crippen molar-refractivity contribution in [2.24, 2.45) is 0 Å². The highest BCUT2D eigenvalue weighted by Gasteiger charge is 2.34. The van der Waals surface area contributed by atoms with Crippen LogP contribution in [0.1, 0.15) is 106 Å². The van der Waals surface area contributed by atoms with Crippen molar-refractivity contribution in [3.05, 3.63) is 28.7 Å². The second-order valence-electron chi connectivity index (χ2n) is 10.3. The van der Waals surface area contributed by atoms with Crippen LogP contribution in [0.3, 0.4) is 0 Å². The lowest BCUT2D eigenvalue weighted by Crippen LogP contribution is -2.36. The van der Waals surface area contributed by atoms with Gasteiger partial charge in [-0.25, -0.2) is 9.50 Å². The van der Waals surface area contributed by atoms with E-state index in [2.05, 4.69) is 30.1 Å². The van der Waals surface area contributed by atoms with Gasteiger partial charge in [-0.15, -0.1) is 0 Å². The quantitative estimate of drug-likeness (QED) is 0.705. The molecule has 1 N–H and O–H groups in total. The Kier molecular flexibility index (Phi) is 6.49. The van der Waals surface area contributed by atoms with E-state index in [-0.39, 0.29) is 5.91 Å². The Bertz CT molecular complexity index is 955. The lowest BCUT2D eigenvalue weighted by molar-refractivity contribution is -0.121. The molecular formula is C26H39N5O. The fourth-order valence-electron chi connectivity index (χ4n) is 6.43. The second-order valence-corrected chi connectivity index (χ2v) is 10.3. The summed E-state index contributed by atoms with van der Waals surface area (Å²) in [6.07, 6.45) is 15.3. The van der Waals surface area contributed by atoms with E-state index in [1.54, 1.807) is 0 Å². The SMILES string of the molecule is Cc1nc2cc([C@@H]3CCCN3C3CCCCC3)nn2c(C)c1CCC(=O)NC1CCCC1. The number of aryl methyl sites for hydroxylation is 2. The molecule has 2 saturated carbocycles. The maximum absolute atomic E-state index is 12.5. The molecule has 0 aromatic carbocycles. The highest BCUT2D eigenvalue weighted by atomic mass is 16.1. The number of amides is 1. The zero-order valence-corrected chi connectivity index (χ0v) is 19.9. The Morgan fingerprint density at radius 1 is 1.03 bits per heavy atom. The van der Waals surface area contributed by atoms with E-state index >= 15 is 0 Å². The van der Waals surface area contributed by atoms with Gasteiger partial charge in [-0.1, -0.05) is 32.1 Å². The first-order chi connectivity index (χ1) is 15.6. The molecule has 3 heterocycles. The van der Waals surface area contributed by atoms with Crippen LogP contribution >= 0.6 is 0 Å². The first-order valence-electron chi connectivity index (χ1n) is 13.0. The highest BCUT2D eigenvalue weighted by molar-refractivity contribution is 5.76. The van der Waals surface area contributed by atoms with Gasteiger partial charge in [0.1, 0.15) is 0 Å². The van der Waals surface area contributed by atoms with Crippen molar-refractivity contribution in [1.29, 1.82) is 0 Å². The Morgan fingerprint density at radius 3 is 2.56 bits per heavy atom. The molecule has 3 aliphatic rings. The van der Waals surface area contributed by atoms with Crippen molar-refractivity contribution < 1.29 is 4.79 Å². The average Bonchev–Trinajstić information content (AvgIpc) is 3.54.